The minimum absolute atomic E-state index is 0.0305. The summed E-state index contributed by atoms with van der Waals surface area (Å²) in [6.45, 7) is 5.53. The van der Waals surface area contributed by atoms with Crippen LogP contribution in [0.5, 0.6) is 0 Å². The normalized spacial score (nSPS) is 17.1. The zero-order chi connectivity index (χ0) is 21.5. The van der Waals surface area contributed by atoms with Crippen LogP contribution >= 0.6 is 0 Å². The summed E-state index contributed by atoms with van der Waals surface area (Å²) in [6.07, 6.45) is 3.90. The van der Waals surface area contributed by atoms with Crippen LogP contribution in [0.4, 0.5) is 4.79 Å². The van der Waals surface area contributed by atoms with Crippen LogP contribution in [0, 0.1) is 5.41 Å². The Morgan fingerprint density at radius 3 is 2.28 bits per heavy atom. The quantitative estimate of drug-likeness (QED) is 0.641. The van der Waals surface area contributed by atoms with E-state index in [-0.39, 0.29) is 18.9 Å². The fourth-order valence-electron chi connectivity index (χ4n) is 3.79. The van der Waals surface area contributed by atoms with E-state index in [9.17, 15) is 19.5 Å². The Morgan fingerprint density at radius 1 is 1.10 bits per heavy atom. The van der Waals surface area contributed by atoms with Crippen LogP contribution in [0.2, 0.25) is 0 Å². The number of hydrogen-bond donors (Lipinski definition) is 3. The van der Waals surface area contributed by atoms with Crippen molar-refractivity contribution in [2.45, 2.75) is 70.9 Å². The Hall–Kier alpha value is -2.57. The number of carbonyl (C=O) groups is 3. The molecule has 0 aliphatic heterocycles. The zero-order valence-electron chi connectivity index (χ0n) is 17.5. The number of carboxylic acid groups (broad SMARTS) is 1. The number of alkyl carbamates (subject to hydrolysis) is 1. The first-order valence-electron chi connectivity index (χ1n) is 10.1. The van der Waals surface area contributed by atoms with Crippen molar-refractivity contribution in [3.05, 3.63) is 35.9 Å². The highest BCUT2D eigenvalue weighted by Gasteiger charge is 2.36. The average molecular weight is 405 g/mol. The topological polar surface area (TPSA) is 105 Å². The van der Waals surface area contributed by atoms with Gasteiger partial charge in [0, 0.05) is 6.54 Å². The van der Waals surface area contributed by atoms with Gasteiger partial charge in [-0.05, 0) is 44.6 Å². The maximum Gasteiger partial charge on any atom is 0.408 e. The highest BCUT2D eigenvalue weighted by atomic mass is 16.6. The number of nitrogens with one attached hydrogen (secondary N) is 2. The van der Waals surface area contributed by atoms with Crippen molar-refractivity contribution in [3.8, 4) is 0 Å². The summed E-state index contributed by atoms with van der Waals surface area (Å²) in [4.78, 5) is 36.6. The van der Waals surface area contributed by atoms with E-state index in [4.69, 9.17) is 4.74 Å². The highest BCUT2D eigenvalue weighted by Crippen LogP contribution is 2.39. The Kier molecular flexibility index (Phi) is 7.65. The number of carboxylic acids is 1. The molecule has 0 radical (unpaired) electrons. The molecule has 0 aromatic heterocycles. The fraction of sp³-hybridized carbons (Fsp3) is 0.591. The van der Waals surface area contributed by atoms with E-state index in [1.807, 2.05) is 6.07 Å². The minimum Gasteiger partial charge on any atom is -0.481 e. The molecular weight excluding hydrogens is 372 g/mol. The molecular formula is C22H32N2O5. The first-order chi connectivity index (χ1) is 13.6. The predicted octanol–water partition coefficient (Wildman–Crippen LogP) is 3.79. The van der Waals surface area contributed by atoms with Crippen LogP contribution in [0.1, 0.15) is 70.9 Å². The van der Waals surface area contributed by atoms with E-state index in [0.717, 1.165) is 32.1 Å². The van der Waals surface area contributed by atoms with Crippen molar-refractivity contribution in [2.24, 2.45) is 5.41 Å². The Labute approximate surface area is 172 Å². The van der Waals surface area contributed by atoms with Gasteiger partial charge in [0.25, 0.3) is 0 Å². The third-order valence-electron chi connectivity index (χ3n) is 5.13. The Bertz CT molecular complexity index is 706. The highest BCUT2D eigenvalue weighted by molar-refractivity contribution is 5.87. The lowest BCUT2D eigenvalue weighted by molar-refractivity contribution is -0.140. The van der Waals surface area contributed by atoms with Crippen molar-refractivity contribution >= 4 is 18.0 Å². The van der Waals surface area contributed by atoms with Gasteiger partial charge in [-0.3, -0.25) is 9.59 Å². The summed E-state index contributed by atoms with van der Waals surface area (Å²) >= 11 is 0. The van der Waals surface area contributed by atoms with Crippen molar-refractivity contribution < 1.29 is 24.2 Å². The molecule has 0 saturated heterocycles. The molecule has 1 unspecified atom stereocenters. The minimum atomic E-state index is -0.920. The predicted molar refractivity (Wildman–Crippen MR) is 109 cm³/mol. The van der Waals surface area contributed by atoms with Gasteiger partial charge in [0.2, 0.25) is 5.91 Å². The molecule has 160 valence electrons. The van der Waals surface area contributed by atoms with Gasteiger partial charge in [-0.1, -0.05) is 49.6 Å². The second kappa shape index (κ2) is 9.76. The SMILES string of the molecule is CC(C)(C)OC(=O)NC(C(=O)NCC1(CC(=O)O)CCCCC1)c1ccccc1. The summed E-state index contributed by atoms with van der Waals surface area (Å²) < 4.78 is 5.30. The number of aliphatic carboxylic acids is 1. The monoisotopic (exact) mass is 404 g/mol. The van der Waals surface area contributed by atoms with Crippen molar-refractivity contribution in [1.29, 1.82) is 0 Å². The van der Waals surface area contributed by atoms with E-state index in [2.05, 4.69) is 10.6 Å². The van der Waals surface area contributed by atoms with Gasteiger partial charge in [-0.15, -0.1) is 0 Å². The van der Waals surface area contributed by atoms with Crippen molar-refractivity contribution in [1.82, 2.24) is 10.6 Å². The van der Waals surface area contributed by atoms with E-state index in [1.165, 1.54) is 0 Å². The molecule has 0 heterocycles. The van der Waals surface area contributed by atoms with Crippen molar-refractivity contribution in [2.75, 3.05) is 6.54 Å². The largest absolute Gasteiger partial charge is 0.481 e. The summed E-state index contributed by atoms with van der Waals surface area (Å²) in [6, 6.07) is 8.01. The molecule has 1 aliphatic carbocycles. The van der Waals surface area contributed by atoms with E-state index in [0.29, 0.717) is 5.56 Å². The van der Waals surface area contributed by atoms with Gasteiger partial charge in [-0.25, -0.2) is 4.79 Å². The number of hydrogen-bond acceptors (Lipinski definition) is 4. The third kappa shape index (κ3) is 7.40. The summed E-state index contributed by atoms with van der Waals surface area (Å²) in [7, 11) is 0. The molecule has 7 heteroatoms. The smallest absolute Gasteiger partial charge is 0.408 e. The number of rotatable bonds is 7. The van der Waals surface area contributed by atoms with Gasteiger partial charge in [0.1, 0.15) is 11.6 Å². The molecule has 2 amide bonds. The first-order valence-corrected chi connectivity index (χ1v) is 10.1. The van der Waals surface area contributed by atoms with E-state index in [1.54, 1.807) is 45.0 Å². The molecule has 0 spiro atoms. The molecule has 1 aliphatic rings. The molecule has 1 aromatic rings. The van der Waals surface area contributed by atoms with Crippen molar-refractivity contribution in [3.63, 3.8) is 0 Å². The average Bonchev–Trinajstić information content (AvgIpc) is 2.64. The van der Waals surface area contributed by atoms with Crippen LogP contribution in [0.15, 0.2) is 30.3 Å². The van der Waals surface area contributed by atoms with Crippen LogP contribution in [-0.2, 0) is 14.3 Å². The summed E-state index contributed by atoms with van der Waals surface area (Å²) in [5, 5.41) is 14.9. The molecule has 0 bridgehead atoms. The Morgan fingerprint density at radius 2 is 1.72 bits per heavy atom. The molecule has 29 heavy (non-hydrogen) atoms. The lowest BCUT2D eigenvalue weighted by atomic mass is 9.71. The van der Waals surface area contributed by atoms with Gasteiger partial charge in [-0.2, -0.15) is 0 Å². The number of benzene rings is 1. The number of amides is 2. The first kappa shape index (κ1) is 22.7. The second-order valence-electron chi connectivity index (χ2n) is 8.84. The van der Waals surface area contributed by atoms with Crippen LogP contribution in [0.3, 0.4) is 0 Å². The fourth-order valence-corrected chi connectivity index (χ4v) is 3.79. The lowest BCUT2D eigenvalue weighted by Gasteiger charge is -2.36. The zero-order valence-corrected chi connectivity index (χ0v) is 17.5. The summed E-state index contributed by atoms with van der Waals surface area (Å²) in [5.74, 6) is -1.23. The number of ether oxygens (including phenoxy) is 1. The standard InChI is InChI=1S/C22H32N2O5/c1-21(2,3)29-20(28)24-18(16-10-6-4-7-11-16)19(27)23-15-22(14-17(25)26)12-8-5-9-13-22/h4,6-7,10-11,18H,5,8-9,12-15H2,1-3H3,(H,23,27)(H,24,28)(H,25,26). The third-order valence-corrected chi connectivity index (χ3v) is 5.13. The molecule has 2 rings (SSSR count). The maximum atomic E-state index is 13.0. The molecule has 3 N–H and O–H groups in total. The molecule has 1 fully saturated rings. The Balaban J connectivity index is 2.12. The van der Waals surface area contributed by atoms with Gasteiger partial charge >= 0.3 is 12.1 Å². The second-order valence-corrected chi connectivity index (χ2v) is 8.84. The molecule has 1 atom stereocenters. The van der Waals surface area contributed by atoms with Crippen LogP contribution in [-0.4, -0.2) is 35.2 Å². The van der Waals surface area contributed by atoms with E-state index >= 15 is 0 Å². The molecule has 1 aromatic carbocycles. The van der Waals surface area contributed by atoms with Gasteiger partial charge < -0.3 is 20.5 Å². The maximum absolute atomic E-state index is 13.0. The van der Waals surface area contributed by atoms with Gasteiger partial charge in [0.05, 0.1) is 6.42 Å². The van der Waals surface area contributed by atoms with Gasteiger partial charge in [0.15, 0.2) is 0 Å². The van der Waals surface area contributed by atoms with Crippen LogP contribution < -0.4 is 10.6 Å². The van der Waals surface area contributed by atoms with Crippen LogP contribution in [0.25, 0.3) is 0 Å². The molecule has 1 saturated carbocycles. The lowest BCUT2D eigenvalue weighted by Crippen LogP contribution is -2.46. The number of carbonyl (C=O) groups excluding carboxylic acids is 2. The van der Waals surface area contributed by atoms with E-state index < -0.39 is 29.1 Å². The summed E-state index contributed by atoms with van der Waals surface area (Å²) in [5.41, 5.74) is -0.491. The molecule has 7 nitrogen and oxygen atoms in total.